The van der Waals surface area contributed by atoms with Crippen molar-refractivity contribution in [3.05, 3.63) is 71.3 Å². The number of thioether (sulfide) groups is 1. The number of ether oxygens (including phenoxy) is 2. The second kappa shape index (κ2) is 9.19. The summed E-state index contributed by atoms with van der Waals surface area (Å²) < 4.78 is 12.9. The molecule has 1 saturated heterocycles. The normalized spacial score (nSPS) is 15.5. The number of methoxy groups -OCH3 is 1. The van der Waals surface area contributed by atoms with E-state index in [1.165, 1.54) is 4.90 Å². The molecule has 0 unspecified atom stereocenters. The van der Waals surface area contributed by atoms with Gasteiger partial charge in [0.25, 0.3) is 11.1 Å². The predicted octanol–water partition coefficient (Wildman–Crippen LogP) is 4.40. The average molecular weight is 423 g/mol. The van der Waals surface area contributed by atoms with E-state index in [1.54, 1.807) is 13.2 Å². The molecule has 1 fully saturated rings. The van der Waals surface area contributed by atoms with E-state index in [4.69, 9.17) is 9.47 Å². The molecule has 0 atom stereocenters. The Kier molecular flexibility index (Phi) is 6.21. The van der Waals surface area contributed by atoms with E-state index in [9.17, 15) is 9.59 Å². The number of carbonyl (C=O) groups excluding carboxylic acids is 2. The van der Waals surface area contributed by atoms with Crippen molar-refractivity contribution < 1.29 is 19.1 Å². The Morgan fingerprint density at radius 1 is 0.967 bits per heavy atom. The zero-order chi connectivity index (χ0) is 20.9. The molecule has 0 spiro atoms. The highest BCUT2D eigenvalue weighted by Gasteiger charge is 2.34. The van der Waals surface area contributed by atoms with Crippen LogP contribution in [0, 0.1) is 0 Å². The third-order valence-electron chi connectivity index (χ3n) is 4.84. The van der Waals surface area contributed by atoms with Gasteiger partial charge in [-0.05, 0) is 36.0 Å². The van der Waals surface area contributed by atoms with Crippen molar-refractivity contribution in [3.8, 4) is 5.75 Å². The van der Waals surface area contributed by atoms with E-state index in [0.29, 0.717) is 24.7 Å². The number of aromatic nitrogens is 1. The van der Waals surface area contributed by atoms with Crippen molar-refractivity contribution in [3.63, 3.8) is 0 Å². The number of amides is 2. The molecule has 3 aromatic rings. The third kappa shape index (κ3) is 4.27. The van der Waals surface area contributed by atoms with Crippen molar-refractivity contribution in [2.24, 2.45) is 0 Å². The van der Waals surface area contributed by atoms with Gasteiger partial charge in [-0.15, -0.1) is 0 Å². The molecular weight excluding hydrogens is 400 g/mol. The molecule has 7 heteroatoms. The van der Waals surface area contributed by atoms with E-state index in [2.05, 4.69) is 4.57 Å². The molecule has 2 heterocycles. The summed E-state index contributed by atoms with van der Waals surface area (Å²) in [5.41, 5.74) is 1.96. The first-order chi connectivity index (χ1) is 14.7. The standard InChI is InChI=1S/C23H22N2O4S/c1-28-13-12-25-22(26)21(30-23(25)27)15-17-16-24(20-10-6-5-9-19(17)20)11-14-29-18-7-3-2-4-8-18/h2-10,15-16H,11-14H2,1H3/b21-15-. The molecule has 1 aliphatic heterocycles. The summed E-state index contributed by atoms with van der Waals surface area (Å²) in [5, 5.41) is 0.768. The molecule has 0 saturated carbocycles. The largest absolute Gasteiger partial charge is 0.492 e. The fraction of sp³-hybridized carbons (Fsp3) is 0.217. The van der Waals surface area contributed by atoms with Crippen molar-refractivity contribution >= 4 is 39.9 Å². The van der Waals surface area contributed by atoms with Crippen LogP contribution in [-0.4, -0.2) is 47.5 Å². The van der Waals surface area contributed by atoms with Gasteiger partial charge in [-0.2, -0.15) is 0 Å². The first-order valence-electron chi connectivity index (χ1n) is 9.67. The molecule has 0 bridgehead atoms. The summed E-state index contributed by atoms with van der Waals surface area (Å²) in [5.74, 6) is 0.560. The van der Waals surface area contributed by atoms with E-state index in [0.717, 1.165) is 34.0 Å². The summed E-state index contributed by atoms with van der Waals surface area (Å²) in [6.45, 7) is 1.78. The van der Waals surface area contributed by atoms with Crippen LogP contribution >= 0.6 is 11.8 Å². The maximum Gasteiger partial charge on any atom is 0.293 e. The highest BCUT2D eigenvalue weighted by Crippen LogP contribution is 2.34. The lowest BCUT2D eigenvalue weighted by Crippen LogP contribution is -2.31. The smallest absolute Gasteiger partial charge is 0.293 e. The first kappa shape index (κ1) is 20.3. The van der Waals surface area contributed by atoms with Gasteiger partial charge in [-0.1, -0.05) is 36.4 Å². The maximum atomic E-state index is 12.6. The van der Waals surface area contributed by atoms with Crippen LogP contribution in [-0.2, 0) is 16.1 Å². The summed E-state index contributed by atoms with van der Waals surface area (Å²) >= 11 is 0.969. The van der Waals surface area contributed by atoms with E-state index < -0.39 is 0 Å². The summed E-state index contributed by atoms with van der Waals surface area (Å²) in [6.07, 6.45) is 3.80. The third-order valence-corrected chi connectivity index (χ3v) is 5.75. The molecule has 0 N–H and O–H groups in total. The number of imide groups is 1. The molecule has 1 aromatic heterocycles. The lowest BCUT2D eigenvalue weighted by atomic mass is 10.1. The number of carbonyl (C=O) groups is 2. The van der Waals surface area contributed by atoms with Crippen LogP contribution in [0.1, 0.15) is 5.56 Å². The minimum atomic E-state index is -0.272. The Morgan fingerprint density at radius 2 is 1.73 bits per heavy atom. The highest BCUT2D eigenvalue weighted by atomic mass is 32.2. The molecule has 0 aliphatic carbocycles. The van der Waals surface area contributed by atoms with Gasteiger partial charge in [0.15, 0.2) is 0 Å². The summed E-state index contributed by atoms with van der Waals surface area (Å²) in [7, 11) is 1.55. The zero-order valence-corrected chi connectivity index (χ0v) is 17.4. The monoisotopic (exact) mass is 422 g/mol. The lowest BCUT2D eigenvalue weighted by molar-refractivity contribution is -0.123. The summed E-state index contributed by atoms with van der Waals surface area (Å²) in [4.78, 5) is 26.5. The van der Waals surface area contributed by atoms with E-state index in [1.807, 2.05) is 60.8 Å². The second-order valence-electron chi connectivity index (χ2n) is 6.78. The molecular formula is C23H22N2O4S. The predicted molar refractivity (Wildman–Crippen MR) is 118 cm³/mol. The van der Waals surface area contributed by atoms with Crippen molar-refractivity contribution in [2.75, 3.05) is 26.9 Å². The Morgan fingerprint density at radius 3 is 2.53 bits per heavy atom. The number of hydrogen-bond donors (Lipinski definition) is 0. The van der Waals surface area contributed by atoms with Crippen LogP contribution in [0.25, 0.3) is 17.0 Å². The Balaban J connectivity index is 1.55. The average Bonchev–Trinajstić information content (AvgIpc) is 3.24. The first-order valence-corrected chi connectivity index (χ1v) is 10.5. The van der Waals surface area contributed by atoms with Crippen LogP contribution in [0.4, 0.5) is 4.79 Å². The van der Waals surface area contributed by atoms with E-state index >= 15 is 0 Å². The van der Waals surface area contributed by atoms with Gasteiger partial charge in [-0.3, -0.25) is 14.5 Å². The number of nitrogens with zero attached hydrogens (tertiary/aromatic N) is 2. The fourth-order valence-electron chi connectivity index (χ4n) is 3.37. The fourth-order valence-corrected chi connectivity index (χ4v) is 4.23. The van der Waals surface area contributed by atoms with Gasteiger partial charge in [0.1, 0.15) is 12.4 Å². The van der Waals surface area contributed by atoms with Gasteiger partial charge in [0.05, 0.1) is 24.6 Å². The SMILES string of the molecule is COCCN1C(=O)S/C(=C\c2cn(CCOc3ccccc3)c3ccccc23)C1=O. The maximum absolute atomic E-state index is 12.6. The van der Waals surface area contributed by atoms with Crippen LogP contribution in [0.2, 0.25) is 0 Å². The quantitative estimate of drug-likeness (QED) is 0.504. The summed E-state index contributed by atoms with van der Waals surface area (Å²) in [6, 6.07) is 17.7. The number of fused-ring (bicyclic) bond motifs is 1. The Hall–Kier alpha value is -3.03. The van der Waals surface area contributed by atoms with Crippen LogP contribution in [0.3, 0.4) is 0 Å². The van der Waals surface area contributed by atoms with Crippen molar-refractivity contribution in [1.82, 2.24) is 9.47 Å². The Labute approximate surface area is 179 Å². The molecule has 1 aliphatic rings. The van der Waals surface area contributed by atoms with Gasteiger partial charge in [0, 0.05) is 29.8 Å². The van der Waals surface area contributed by atoms with Gasteiger partial charge >= 0.3 is 0 Å². The van der Waals surface area contributed by atoms with Crippen molar-refractivity contribution in [1.29, 1.82) is 0 Å². The minimum Gasteiger partial charge on any atom is -0.492 e. The number of benzene rings is 2. The molecule has 154 valence electrons. The number of rotatable bonds is 8. The zero-order valence-electron chi connectivity index (χ0n) is 16.6. The molecule has 30 heavy (non-hydrogen) atoms. The van der Waals surface area contributed by atoms with Gasteiger partial charge < -0.3 is 14.0 Å². The van der Waals surface area contributed by atoms with Crippen LogP contribution < -0.4 is 4.74 Å². The highest BCUT2D eigenvalue weighted by molar-refractivity contribution is 8.18. The van der Waals surface area contributed by atoms with Gasteiger partial charge in [-0.25, -0.2) is 0 Å². The van der Waals surface area contributed by atoms with Crippen LogP contribution in [0.5, 0.6) is 5.75 Å². The molecule has 0 radical (unpaired) electrons. The number of para-hydroxylation sites is 2. The van der Waals surface area contributed by atoms with Crippen LogP contribution in [0.15, 0.2) is 65.7 Å². The molecule has 4 rings (SSSR count). The second-order valence-corrected chi connectivity index (χ2v) is 7.78. The topological polar surface area (TPSA) is 60.8 Å². The van der Waals surface area contributed by atoms with E-state index in [-0.39, 0.29) is 17.7 Å². The Bertz CT molecular complexity index is 1090. The van der Waals surface area contributed by atoms with Gasteiger partial charge in [0.2, 0.25) is 0 Å². The molecule has 2 amide bonds. The van der Waals surface area contributed by atoms with Crippen molar-refractivity contribution in [2.45, 2.75) is 6.54 Å². The minimum absolute atomic E-state index is 0.261. The molecule has 6 nitrogen and oxygen atoms in total. The number of hydrogen-bond acceptors (Lipinski definition) is 5. The molecule has 2 aromatic carbocycles. The lowest BCUT2D eigenvalue weighted by Gasteiger charge is -2.10.